The third-order valence-corrected chi connectivity index (χ3v) is 5.53. The van der Waals surface area contributed by atoms with Crippen molar-refractivity contribution in [1.29, 1.82) is 0 Å². The van der Waals surface area contributed by atoms with Crippen LogP contribution in [0.25, 0.3) is 6.08 Å². The van der Waals surface area contributed by atoms with E-state index in [1.54, 1.807) is 31.2 Å². The highest BCUT2D eigenvalue weighted by Crippen LogP contribution is 2.37. The molecule has 1 atom stereocenters. The molecule has 1 amide bonds. The van der Waals surface area contributed by atoms with Crippen molar-refractivity contribution in [2.75, 3.05) is 20.3 Å². The number of hydrogen-bond donors (Lipinski definition) is 0. The largest absolute Gasteiger partial charge is 0.497 e. The molecule has 1 aromatic carbocycles. The number of pyridine rings is 1. The van der Waals surface area contributed by atoms with Gasteiger partial charge in [0.25, 0.3) is 0 Å². The number of rotatable bonds is 5. The minimum Gasteiger partial charge on any atom is -0.497 e. The molecule has 0 radical (unpaired) electrons. The third kappa shape index (κ3) is 4.53. The van der Waals surface area contributed by atoms with E-state index in [0.29, 0.717) is 17.7 Å². The first kappa shape index (κ1) is 21.6. The Morgan fingerprint density at radius 3 is 2.57 bits per heavy atom. The van der Waals surface area contributed by atoms with E-state index in [-0.39, 0.29) is 25.0 Å². The fraction of sp³-hybridized carbons (Fsp3) is 0.375. The van der Waals surface area contributed by atoms with Crippen molar-refractivity contribution >= 4 is 18.0 Å². The summed E-state index contributed by atoms with van der Waals surface area (Å²) in [5.74, 6) is 0.785. The lowest BCUT2D eigenvalue weighted by Gasteiger charge is -2.45. The van der Waals surface area contributed by atoms with Gasteiger partial charge in [0.15, 0.2) is 5.78 Å². The van der Waals surface area contributed by atoms with Gasteiger partial charge in [-0.15, -0.1) is 0 Å². The summed E-state index contributed by atoms with van der Waals surface area (Å²) >= 11 is 0. The maximum absolute atomic E-state index is 13.4. The Morgan fingerprint density at radius 2 is 1.97 bits per heavy atom. The van der Waals surface area contributed by atoms with Crippen molar-refractivity contribution in [3.05, 3.63) is 65.5 Å². The average molecular weight is 408 g/mol. The van der Waals surface area contributed by atoms with Gasteiger partial charge in [0, 0.05) is 17.2 Å². The molecule has 0 saturated carbocycles. The van der Waals surface area contributed by atoms with Crippen molar-refractivity contribution < 1.29 is 19.1 Å². The van der Waals surface area contributed by atoms with Gasteiger partial charge in [-0.1, -0.05) is 32.0 Å². The Balaban J connectivity index is 1.96. The number of methoxy groups -OCH3 is 1. The van der Waals surface area contributed by atoms with E-state index in [0.717, 1.165) is 11.3 Å². The summed E-state index contributed by atoms with van der Waals surface area (Å²) in [6.07, 6.45) is 3.57. The third-order valence-electron chi connectivity index (χ3n) is 5.53. The number of ether oxygens (including phenoxy) is 2. The fourth-order valence-electron chi connectivity index (χ4n) is 3.82. The molecule has 158 valence electrons. The molecule has 1 saturated heterocycles. The minimum atomic E-state index is -0.786. The SMILES string of the molecule is CCOC(=O)N1C/C(=C\c2ccccn2)C(=O)C(C)(C)C1Cc1ccc(OC)cc1. The zero-order valence-electron chi connectivity index (χ0n) is 17.9. The van der Waals surface area contributed by atoms with Crippen LogP contribution in [0.1, 0.15) is 32.0 Å². The van der Waals surface area contributed by atoms with Crippen molar-refractivity contribution in [1.82, 2.24) is 9.88 Å². The number of carbonyl (C=O) groups excluding carboxylic acids is 2. The standard InChI is InChI=1S/C24H28N2O4/c1-5-30-23(28)26-16-18(15-19-8-6-7-13-25-19)22(27)24(2,3)21(26)14-17-9-11-20(29-4)12-10-17/h6-13,15,21H,5,14,16H2,1-4H3/b18-15+. The Hall–Kier alpha value is -3.15. The lowest BCUT2D eigenvalue weighted by Crippen LogP contribution is -2.58. The van der Waals surface area contributed by atoms with Gasteiger partial charge in [0.2, 0.25) is 0 Å². The average Bonchev–Trinajstić information content (AvgIpc) is 2.75. The van der Waals surface area contributed by atoms with Crippen molar-refractivity contribution in [2.45, 2.75) is 33.2 Å². The van der Waals surface area contributed by atoms with Gasteiger partial charge in [-0.25, -0.2) is 4.79 Å². The summed E-state index contributed by atoms with van der Waals surface area (Å²) in [7, 11) is 1.62. The highest BCUT2D eigenvalue weighted by Gasteiger charge is 2.48. The molecule has 1 fully saturated rings. The minimum absolute atomic E-state index is 0.0206. The second-order valence-electron chi connectivity index (χ2n) is 7.87. The molecule has 2 aromatic rings. The predicted molar refractivity (Wildman–Crippen MR) is 115 cm³/mol. The molecule has 2 heterocycles. The number of Topliss-reactive ketones (excluding diaryl/α,β-unsaturated/α-hetero) is 1. The van der Waals surface area contributed by atoms with Crippen LogP contribution < -0.4 is 4.74 Å². The number of ketones is 1. The van der Waals surface area contributed by atoms with Crippen LogP contribution in [0.15, 0.2) is 54.2 Å². The molecule has 1 aliphatic heterocycles. The first-order chi connectivity index (χ1) is 14.4. The molecule has 6 nitrogen and oxygen atoms in total. The predicted octanol–water partition coefficient (Wildman–Crippen LogP) is 4.15. The van der Waals surface area contributed by atoms with Gasteiger partial charge in [-0.05, 0) is 49.2 Å². The summed E-state index contributed by atoms with van der Waals surface area (Å²) in [5, 5.41) is 0. The molecule has 1 aromatic heterocycles. The summed E-state index contributed by atoms with van der Waals surface area (Å²) in [4.78, 5) is 32.2. The maximum atomic E-state index is 13.4. The Kier molecular flexibility index (Phi) is 6.55. The molecule has 0 bridgehead atoms. The molecule has 0 spiro atoms. The number of piperidine rings is 1. The van der Waals surface area contributed by atoms with E-state index in [9.17, 15) is 9.59 Å². The number of likely N-dealkylation sites (tertiary alicyclic amines) is 1. The van der Waals surface area contributed by atoms with Crippen molar-refractivity contribution in [2.24, 2.45) is 5.41 Å². The Morgan fingerprint density at radius 1 is 1.23 bits per heavy atom. The molecule has 1 aliphatic rings. The van der Waals surface area contributed by atoms with Gasteiger partial charge in [0.1, 0.15) is 5.75 Å². The van der Waals surface area contributed by atoms with E-state index < -0.39 is 11.5 Å². The molecular formula is C24H28N2O4. The van der Waals surface area contributed by atoms with Crippen LogP contribution in [0.3, 0.4) is 0 Å². The van der Waals surface area contributed by atoms with Crippen LogP contribution in [-0.4, -0.2) is 48.1 Å². The van der Waals surface area contributed by atoms with E-state index >= 15 is 0 Å². The van der Waals surface area contributed by atoms with E-state index in [4.69, 9.17) is 9.47 Å². The number of amides is 1. The molecular weight excluding hydrogens is 380 g/mol. The molecule has 0 N–H and O–H groups in total. The number of nitrogens with zero attached hydrogens (tertiary/aromatic N) is 2. The van der Waals surface area contributed by atoms with E-state index in [2.05, 4.69) is 4.98 Å². The van der Waals surface area contributed by atoms with Crippen LogP contribution in [0.5, 0.6) is 5.75 Å². The summed E-state index contributed by atoms with van der Waals surface area (Å²) < 4.78 is 10.6. The second-order valence-corrected chi connectivity index (χ2v) is 7.87. The zero-order chi connectivity index (χ0) is 21.7. The first-order valence-electron chi connectivity index (χ1n) is 10.1. The zero-order valence-corrected chi connectivity index (χ0v) is 17.9. The van der Waals surface area contributed by atoms with Crippen LogP contribution in [-0.2, 0) is 16.0 Å². The van der Waals surface area contributed by atoms with Crippen LogP contribution >= 0.6 is 0 Å². The van der Waals surface area contributed by atoms with Gasteiger partial charge < -0.3 is 9.47 Å². The first-order valence-corrected chi connectivity index (χ1v) is 10.1. The number of benzene rings is 1. The quantitative estimate of drug-likeness (QED) is 0.695. The highest BCUT2D eigenvalue weighted by atomic mass is 16.6. The molecule has 0 aliphatic carbocycles. The monoisotopic (exact) mass is 408 g/mol. The fourth-order valence-corrected chi connectivity index (χ4v) is 3.82. The van der Waals surface area contributed by atoms with E-state index in [1.807, 2.05) is 56.3 Å². The van der Waals surface area contributed by atoms with Gasteiger partial charge in [0.05, 0.1) is 32.0 Å². The smallest absolute Gasteiger partial charge is 0.410 e. The summed E-state index contributed by atoms with van der Waals surface area (Å²) in [6, 6.07) is 12.9. The number of hydrogen-bond acceptors (Lipinski definition) is 5. The molecule has 6 heteroatoms. The number of carbonyl (C=O) groups is 2. The molecule has 30 heavy (non-hydrogen) atoms. The molecule has 3 rings (SSSR count). The van der Waals surface area contributed by atoms with Gasteiger partial charge in [-0.2, -0.15) is 0 Å². The normalized spacial score (nSPS) is 19.6. The van der Waals surface area contributed by atoms with E-state index in [1.165, 1.54) is 0 Å². The summed E-state index contributed by atoms with van der Waals surface area (Å²) in [5.41, 5.74) is 1.48. The topological polar surface area (TPSA) is 68.7 Å². The van der Waals surface area contributed by atoms with Crippen LogP contribution in [0.2, 0.25) is 0 Å². The van der Waals surface area contributed by atoms with Crippen molar-refractivity contribution in [3.8, 4) is 5.75 Å². The Bertz CT molecular complexity index is 920. The van der Waals surface area contributed by atoms with Gasteiger partial charge in [-0.3, -0.25) is 14.7 Å². The van der Waals surface area contributed by atoms with Gasteiger partial charge >= 0.3 is 6.09 Å². The molecule has 1 unspecified atom stereocenters. The Labute approximate surface area is 177 Å². The summed E-state index contributed by atoms with van der Waals surface area (Å²) in [6.45, 7) is 6.03. The lowest BCUT2D eigenvalue weighted by molar-refractivity contribution is -0.129. The maximum Gasteiger partial charge on any atom is 0.410 e. The lowest BCUT2D eigenvalue weighted by atomic mass is 9.71. The van der Waals surface area contributed by atoms with Crippen molar-refractivity contribution in [3.63, 3.8) is 0 Å². The van der Waals surface area contributed by atoms with Crippen LogP contribution in [0.4, 0.5) is 4.79 Å². The van der Waals surface area contributed by atoms with Crippen LogP contribution in [0, 0.1) is 5.41 Å². The highest BCUT2D eigenvalue weighted by molar-refractivity contribution is 6.05. The number of aromatic nitrogens is 1. The second kappa shape index (κ2) is 9.11.